The van der Waals surface area contributed by atoms with E-state index >= 15 is 0 Å². The number of hydrogen-bond acceptors (Lipinski definition) is 2. The summed E-state index contributed by atoms with van der Waals surface area (Å²) in [5, 5.41) is 6.33. The van der Waals surface area contributed by atoms with Crippen LogP contribution < -0.4 is 10.6 Å². The van der Waals surface area contributed by atoms with Gasteiger partial charge in [0.05, 0.1) is 0 Å². The molecule has 0 spiro atoms. The van der Waals surface area contributed by atoms with Gasteiger partial charge in [-0.25, -0.2) is 0 Å². The molecule has 0 aliphatic heterocycles. The predicted octanol–water partition coefficient (Wildman–Crippen LogP) is 3.74. The van der Waals surface area contributed by atoms with Crippen LogP contribution in [0, 0.1) is 12.8 Å². The number of benzene rings is 1. The van der Waals surface area contributed by atoms with Crippen LogP contribution in [0.25, 0.3) is 0 Å². The van der Waals surface area contributed by atoms with Crippen molar-refractivity contribution in [3.63, 3.8) is 0 Å². The topological polar surface area (TPSA) is 41.1 Å². The van der Waals surface area contributed by atoms with Gasteiger partial charge in [-0.1, -0.05) is 25.8 Å². The van der Waals surface area contributed by atoms with Crippen molar-refractivity contribution in [3.05, 3.63) is 29.3 Å². The lowest BCUT2D eigenvalue weighted by Crippen LogP contribution is -2.21. The average molecular weight is 274 g/mol. The van der Waals surface area contributed by atoms with Crippen molar-refractivity contribution in [1.82, 2.24) is 5.32 Å². The summed E-state index contributed by atoms with van der Waals surface area (Å²) in [6, 6.07) is 6.42. The molecule has 1 saturated carbocycles. The highest BCUT2D eigenvalue weighted by atomic mass is 16.1. The number of aryl methyl sites for hydroxylation is 1. The van der Waals surface area contributed by atoms with Gasteiger partial charge in [-0.15, -0.1) is 0 Å². The van der Waals surface area contributed by atoms with Gasteiger partial charge < -0.3 is 10.6 Å². The first-order chi connectivity index (χ1) is 9.60. The third-order valence-electron chi connectivity index (χ3n) is 4.34. The molecule has 1 aliphatic carbocycles. The minimum Gasteiger partial charge on any atom is -0.382 e. The summed E-state index contributed by atoms with van der Waals surface area (Å²) in [6.45, 7) is 4.44. The van der Waals surface area contributed by atoms with E-state index in [0.29, 0.717) is 6.04 Å². The first kappa shape index (κ1) is 14.9. The van der Waals surface area contributed by atoms with E-state index in [4.69, 9.17) is 0 Å². The minimum absolute atomic E-state index is 0.0254. The van der Waals surface area contributed by atoms with Crippen LogP contribution >= 0.6 is 0 Å². The largest absolute Gasteiger partial charge is 0.382 e. The fraction of sp³-hybridized carbons (Fsp3) is 0.588. The average Bonchev–Trinajstić information content (AvgIpc) is 2.65. The maximum atomic E-state index is 11.7. The van der Waals surface area contributed by atoms with Crippen LogP contribution in [-0.2, 0) is 0 Å². The smallest absolute Gasteiger partial charge is 0.251 e. The Hall–Kier alpha value is -1.51. The molecule has 2 unspecified atom stereocenters. The zero-order chi connectivity index (χ0) is 14.5. The van der Waals surface area contributed by atoms with Crippen molar-refractivity contribution in [1.29, 1.82) is 0 Å². The molecule has 0 saturated heterocycles. The molecule has 0 aromatic heterocycles. The van der Waals surface area contributed by atoms with Crippen LogP contribution in [0.5, 0.6) is 0 Å². The summed E-state index contributed by atoms with van der Waals surface area (Å²) < 4.78 is 0. The molecule has 1 aromatic carbocycles. The first-order valence-corrected chi connectivity index (χ1v) is 7.69. The van der Waals surface area contributed by atoms with E-state index < -0.39 is 0 Å². The van der Waals surface area contributed by atoms with Gasteiger partial charge in [-0.2, -0.15) is 0 Å². The molecule has 0 heterocycles. The lowest BCUT2D eigenvalue weighted by molar-refractivity contribution is 0.0963. The van der Waals surface area contributed by atoms with Crippen molar-refractivity contribution >= 4 is 11.6 Å². The Kier molecular flexibility index (Phi) is 5.05. The maximum Gasteiger partial charge on any atom is 0.251 e. The molecule has 3 heteroatoms. The lowest BCUT2D eigenvalue weighted by atomic mass is 10.0. The van der Waals surface area contributed by atoms with Gasteiger partial charge in [0.2, 0.25) is 0 Å². The molecule has 2 rings (SSSR count). The quantitative estimate of drug-likeness (QED) is 0.824. The van der Waals surface area contributed by atoms with Crippen molar-refractivity contribution < 1.29 is 4.79 Å². The van der Waals surface area contributed by atoms with Crippen molar-refractivity contribution in [2.24, 2.45) is 5.92 Å². The van der Waals surface area contributed by atoms with Gasteiger partial charge in [0, 0.05) is 24.3 Å². The summed E-state index contributed by atoms with van der Waals surface area (Å²) in [5.41, 5.74) is 3.03. The van der Waals surface area contributed by atoms with Crippen LogP contribution in [0.2, 0.25) is 0 Å². The number of carbonyl (C=O) groups excluding carboxylic acids is 1. The summed E-state index contributed by atoms with van der Waals surface area (Å²) in [5.74, 6) is 0.822. The summed E-state index contributed by atoms with van der Waals surface area (Å²) in [6.07, 6.45) is 6.40. The van der Waals surface area contributed by atoms with Gasteiger partial charge in [0.25, 0.3) is 5.91 Å². The van der Waals surface area contributed by atoms with Gasteiger partial charge in [-0.05, 0) is 49.8 Å². The second kappa shape index (κ2) is 6.78. The van der Waals surface area contributed by atoms with Crippen LogP contribution in [0.1, 0.15) is 54.9 Å². The lowest BCUT2D eigenvalue weighted by Gasteiger charge is -2.20. The minimum atomic E-state index is -0.0254. The maximum absolute atomic E-state index is 11.7. The zero-order valence-corrected chi connectivity index (χ0v) is 12.8. The van der Waals surface area contributed by atoms with Crippen molar-refractivity contribution in [3.8, 4) is 0 Å². The Bertz CT molecular complexity index is 470. The molecule has 3 nitrogen and oxygen atoms in total. The highest BCUT2D eigenvalue weighted by molar-refractivity contribution is 5.95. The molecule has 1 fully saturated rings. The second-order valence-corrected chi connectivity index (χ2v) is 6.06. The predicted molar refractivity (Wildman–Crippen MR) is 84.2 cm³/mol. The molecule has 2 atom stereocenters. The number of nitrogens with one attached hydrogen (secondary N) is 2. The summed E-state index contributed by atoms with van der Waals surface area (Å²) in [7, 11) is 1.67. The number of amides is 1. The van der Waals surface area contributed by atoms with Crippen molar-refractivity contribution in [2.75, 3.05) is 12.4 Å². The van der Waals surface area contributed by atoms with E-state index in [2.05, 4.69) is 24.5 Å². The third-order valence-corrected chi connectivity index (χ3v) is 4.34. The van der Waals surface area contributed by atoms with E-state index in [1.165, 1.54) is 37.7 Å². The Morgan fingerprint density at radius 1 is 1.20 bits per heavy atom. The fourth-order valence-corrected chi connectivity index (χ4v) is 2.91. The van der Waals surface area contributed by atoms with E-state index in [9.17, 15) is 4.79 Å². The zero-order valence-electron chi connectivity index (χ0n) is 12.8. The van der Waals surface area contributed by atoms with Gasteiger partial charge >= 0.3 is 0 Å². The van der Waals surface area contributed by atoms with Crippen LogP contribution in [0.4, 0.5) is 5.69 Å². The molecule has 1 aromatic rings. The summed E-state index contributed by atoms with van der Waals surface area (Å²) >= 11 is 0. The normalized spacial score (nSPS) is 22.9. The molecule has 2 N–H and O–H groups in total. The van der Waals surface area contributed by atoms with E-state index in [1.807, 2.05) is 18.2 Å². The first-order valence-electron chi connectivity index (χ1n) is 7.69. The Morgan fingerprint density at radius 3 is 2.75 bits per heavy atom. The fourth-order valence-electron chi connectivity index (χ4n) is 2.91. The summed E-state index contributed by atoms with van der Waals surface area (Å²) in [4.78, 5) is 11.7. The van der Waals surface area contributed by atoms with Gasteiger partial charge in [0.15, 0.2) is 0 Å². The standard InChI is InChI=1S/C17H26N2O/c1-12-5-4-6-15(10-7-12)19-16-11-14(17(20)18-3)9-8-13(16)2/h8-9,11-12,15,19H,4-7,10H2,1-3H3,(H,18,20). The van der Waals surface area contributed by atoms with Crippen LogP contribution in [-0.4, -0.2) is 19.0 Å². The monoisotopic (exact) mass is 274 g/mol. The Balaban J connectivity index is 2.09. The molecule has 1 aliphatic rings. The molecule has 0 radical (unpaired) electrons. The van der Waals surface area contributed by atoms with E-state index in [0.717, 1.165) is 17.2 Å². The van der Waals surface area contributed by atoms with Gasteiger partial charge in [-0.3, -0.25) is 4.79 Å². The highest BCUT2D eigenvalue weighted by Crippen LogP contribution is 2.26. The molecule has 110 valence electrons. The van der Waals surface area contributed by atoms with E-state index in [-0.39, 0.29) is 5.91 Å². The third kappa shape index (κ3) is 3.75. The second-order valence-electron chi connectivity index (χ2n) is 6.06. The number of carbonyl (C=O) groups is 1. The number of hydrogen-bond donors (Lipinski definition) is 2. The SMILES string of the molecule is CNC(=O)c1ccc(C)c(NC2CCCC(C)CC2)c1. The number of anilines is 1. The Morgan fingerprint density at radius 2 is 2.00 bits per heavy atom. The van der Waals surface area contributed by atoms with Crippen LogP contribution in [0.3, 0.4) is 0 Å². The van der Waals surface area contributed by atoms with Gasteiger partial charge in [0.1, 0.15) is 0 Å². The molecule has 20 heavy (non-hydrogen) atoms. The van der Waals surface area contributed by atoms with Crippen LogP contribution in [0.15, 0.2) is 18.2 Å². The highest BCUT2D eigenvalue weighted by Gasteiger charge is 2.17. The molecular weight excluding hydrogens is 248 g/mol. The molecule has 1 amide bonds. The van der Waals surface area contributed by atoms with E-state index in [1.54, 1.807) is 7.05 Å². The number of rotatable bonds is 3. The molecule has 0 bridgehead atoms. The van der Waals surface area contributed by atoms with Crippen molar-refractivity contribution in [2.45, 2.75) is 52.0 Å². The Labute approximate surface area is 122 Å². The molecular formula is C17H26N2O.